The predicted octanol–water partition coefficient (Wildman–Crippen LogP) is 2.40. The van der Waals surface area contributed by atoms with E-state index in [1.807, 2.05) is 23.7 Å². The Balaban J connectivity index is 1.81. The minimum Gasteiger partial charge on any atom is -0.351 e. The van der Waals surface area contributed by atoms with E-state index in [1.165, 1.54) is 11.3 Å². The molecule has 1 N–H and O–H groups in total. The molecule has 0 saturated heterocycles. The van der Waals surface area contributed by atoms with Crippen LogP contribution < -0.4 is 5.32 Å². The van der Waals surface area contributed by atoms with Crippen molar-refractivity contribution in [1.82, 2.24) is 10.3 Å². The zero-order chi connectivity index (χ0) is 12.1. The minimum atomic E-state index is -0.0424. The van der Waals surface area contributed by atoms with Crippen molar-refractivity contribution in [3.8, 4) is 0 Å². The van der Waals surface area contributed by atoms with E-state index in [9.17, 15) is 4.79 Å². The van der Waals surface area contributed by atoms with Gasteiger partial charge in [-0.2, -0.15) is 0 Å². The van der Waals surface area contributed by atoms with Gasteiger partial charge in [0.1, 0.15) is 0 Å². The molecule has 1 amide bonds. The lowest BCUT2D eigenvalue weighted by atomic mass is 10.2. The molecule has 88 valence electrons. The second kappa shape index (κ2) is 5.84. The molecule has 2 aromatic rings. The third kappa shape index (κ3) is 3.57. The van der Waals surface area contributed by atoms with E-state index >= 15 is 0 Å². The summed E-state index contributed by atoms with van der Waals surface area (Å²) in [5.41, 5.74) is 1.12. The largest absolute Gasteiger partial charge is 0.351 e. The normalized spacial score (nSPS) is 10.2. The zero-order valence-electron chi connectivity index (χ0n) is 9.09. The summed E-state index contributed by atoms with van der Waals surface area (Å²) in [7, 11) is 0. The Labute approximate surface area is 109 Å². The first-order chi connectivity index (χ1) is 8.25. The van der Waals surface area contributed by atoms with Gasteiger partial charge in [-0.3, -0.25) is 9.78 Å². The molecular formula is C12H12N2OS2. The van der Waals surface area contributed by atoms with Crippen molar-refractivity contribution in [3.63, 3.8) is 0 Å². The van der Waals surface area contributed by atoms with Crippen LogP contribution in [0.15, 0.2) is 40.9 Å². The average Bonchev–Trinajstić information content (AvgIpc) is 2.77. The number of nitrogens with one attached hydrogen (secondary N) is 1. The maximum Gasteiger partial charge on any atom is 0.261 e. The number of pyridine rings is 1. The average molecular weight is 264 g/mol. The maximum atomic E-state index is 11.7. The first-order valence-corrected chi connectivity index (χ1v) is 6.53. The molecule has 0 aromatic carbocycles. The molecule has 0 fully saturated rings. The molecule has 0 radical (unpaired) electrons. The topological polar surface area (TPSA) is 42.0 Å². The van der Waals surface area contributed by atoms with Crippen LogP contribution in [0, 0.1) is 0 Å². The molecule has 0 unspecified atom stereocenters. The van der Waals surface area contributed by atoms with Gasteiger partial charge in [-0.05, 0) is 24.1 Å². The summed E-state index contributed by atoms with van der Waals surface area (Å²) in [4.78, 5) is 17.2. The Bertz CT molecular complexity index is 496. The summed E-state index contributed by atoms with van der Waals surface area (Å²) in [6, 6.07) is 5.66. The van der Waals surface area contributed by atoms with Crippen LogP contribution in [0.3, 0.4) is 0 Å². The van der Waals surface area contributed by atoms with Gasteiger partial charge in [0.05, 0.1) is 4.88 Å². The highest BCUT2D eigenvalue weighted by atomic mass is 32.1. The number of nitrogens with zero attached hydrogens (tertiary/aromatic N) is 1. The molecule has 0 atom stereocenters. The molecule has 2 rings (SSSR count). The molecule has 0 aliphatic carbocycles. The maximum absolute atomic E-state index is 11.7. The van der Waals surface area contributed by atoms with Crippen molar-refractivity contribution in [2.45, 2.75) is 11.3 Å². The molecule has 0 aliphatic rings. The number of thiol groups is 1. The van der Waals surface area contributed by atoms with E-state index in [0.29, 0.717) is 11.4 Å². The summed E-state index contributed by atoms with van der Waals surface area (Å²) >= 11 is 5.57. The lowest BCUT2D eigenvalue weighted by Gasteiger charge is -2.03. The van der Waals surface area contributed by atoms with Gasteiger partial charge in [-0.1, -0.05) is 6.07 Å². The third-order valence-corrected chi connectivity index (χ3v) is 3.59. The van der Waals surface area contributed by atoms with E-state index in [1.54, 1.807) is 12.3 Å². The number of hydrogen-bond acceptors (Lipinski definition) is 4. The molecule has 2 aromatic heterocycles. The molecule has 0 saturated carbocycles. The number of carbonyl (C=O) groups is 1. The van der Waals surface area contributed by atoms with E-state index in [4.69, 9.17) is 0 Å². The van der Waals surface area contributed by atoms with Crippen LogP contribution in [0.2, 0.25) is 0 Å². The fourth-order valence-electron chi connectivity index (χ4n) is 1.40. The van der Waals surface area contributed by atoms with Gasteiger partial charge in [0.15, 0.2) is 0 Å². The summed E-state index contributed by atoms with van der Waals surface area (Å²) < 4.78 is 0. The van der Waals surface area contributed by atoms with E-state index in [-0.39, 0.29) is 5.91 Å². The first kappa shape index (κ1) is 12.1. The minimum absolute atomic E-state index is 0.0424. The predicted molar refractivity (Wildman–Crippen MR) is 71.8 cm³/mol. The number of aromatic nitrogens is 1. The van der Waals surface area contributed by atoms with Crippen molar-refractivity contribution in [2.75, 3.05) is 6.54 Å². The third-order valence-electron chi connectivity index (χ3n) is 2.23. The second-order valence-corrected chi connectivity index (χ2v) is 4.96. The fourth-order valence-corrected chi connectivity index (χ4v) is 2.46. The lowest BCUT2D eigenvalue weighted by Crippen LogP contribution is -2.24. The Hall–Kier alpha value is -1.33. The number of amides is 1. The Morgan fingerprint density at radius 3 is 3.06 bits per heavy atom. The Morgan fingerprint density at radius 1 is 1.53 bits per heavy atom. The highest BCUT2D eigenvalue weighted by Crippen LogP contribution is 2.17. The van der Waals surface area contributed by atoms with E-state index in [0.717, 1.165) is 16.9 Å². The molecule has 0 bridgehead atoms. The number of thiophene rings is 1. The van der Waals surface area contributed by atoms with Crippen molar-refractivity contribution in [3.05, 3.63) is 46.4 Å². The van der Waals surface area contributed by atoms with Gasteiger partial charge in [0.25, 0.3) is 5.91 Å². The quantitative estimate of drug-likeness (QED) is 0.833. The van der Waals surface area contributed by atoms with Crippen molar-refractivity contribution < 1.29 is 4.79 Å². The zero-order valence-corrected chi connectivity index (χ0v) is 10.8. The van der Waals surface area contributed by atoms with E-state index < -0.39 is 0 Å². The van der Waals surface area contributed by atoms with E-state index in [2.05, 4.69) is 22.9 Å². The van der Waals surface area contributed by atoms with Gasteiger partial charge in [-0.25, -0.2) is 0 Å². The van der Waals surface area contributed by atoms with Crippen LogP contribution in [0.1, 0.15) is 15.2 Å². The van der Waals surface area contributed by atoms with Crippen LogP contribution in [0.4, 0.5) is 0 Å². The monoisotopic (exact) mass is 264 g/mol. The number of carbonyl (C=O) groups excluding carboxylic acids is 1. The molecule has 17 heavy (non-hydrogen) atoms. The Morgan fingerprint density at radius 2 is 2.41 bits per heavy atom. The molecule has 5 heteroatoms. The molecular weight excluding hydrogens is 252 g/mol. The van der Waals surface area contributed by atoms with Crippen LogP contribution in [-0.2, 0) is 6.42 Å². The van der Waals surface area contributed by atoms with Crippen LogP contribution in [-0.4, -0.2) is 17.4 Å². The van der Waals surface area contributed by atoms with Crippen LogP contribution >= 0.6 is 24.0 Å². The number of hydrogen-bond donors (Lipinski definition) is 2. The molecule has 3 nitrogen and oxygen atoms in total. The van der Waals surface area contributed by atoms with Crippen LogP contribution in [0.25, 0.3) is 0 Å². The van der Waals surface area contributed by atoms with Crippen molar-refractivity contribution in [2.24, 2.45) is 0 Å². The van der Waals surface area contributed by atoms with Gasteiger partial charge in [-0.15, -0.1) is 24.0 Å². The number of rotatable bonds is 4. The first-order valence-electron chi connectivity index (χ1n) is 5.20. The highest BCUT2D eigenvalue weighted by molar-refractivity contribution is 7.80. The fraction of sp³-hybridized carbons (Fsp3) is 0.167. The SMILES string of the molecule is O=C(NCCc1cccnc1)c1cc(S)cs1. The van der Waals surface area contributed by atoms with Crippen molar-refractivity contribution >= 4 is 29.9 Å². The summed E-state index contributed by atoms with van der Waals surface area (Å²) in [5.74, 6) is -0.0424. The summed E-state index contributed by atoms with van der Waals surface area (Å²) in [6.45, 7) is 0.615. The summed E-state index contributed by atoms with van der Waals surface area (Å²) in [5, 5.41) is 4.72. The van der Waals surface area contributed by atoms with Crippen LogP contribution in [0.5, 0.6) is 0 Å². The molecule has 0 spiro atoms. The van der Waals surface area contributed by atoms with Gasteiger partial charge >= 0.3 is 0 Å². The standard InChI is InChI=1S/C12H12N2OS2/c15-12(11-6-10(16)8-17-11)14-5-3-9-2-1-4-13-7-9/h1-2,4,6-8,16H,3,5H2,(H,14,15). The molecule has 2 heterocycles. The van der Waals surface area contributed by atoms with Gasteiger partial charge in [0, 0.05) is 29.2 Å². The second-order valence-electron chi connectivity index (χ2n) is 3.54. The highest BCUT2D eigenvalue weighted by Gasteiger charge is 2.06. The Kier molecular flexibility index (Phi) is 4.17. The smallest absolute Gasteiger partial charge is 0.261 e. The lowest BCUT2D eigenvalue weighted by molar-refractivity contribution is 0.0958. The van der Waals surface area contributed by atoms with Gasteiger partial charge < -0.3 is 5.32 Å². The van der Waals surface area contributed by atoms with Crippen molar-refractivity contribution in [1.29, 1.82) is 0 Å². The van der Waals surface area contributed by atoms with Gasteiger partial charge in [0.2, 0.25) is 0 Å². The summed E-state index contributed by atoms with van der Waals surface area (Å²) in [6.07, 6.45) is 4.34. The molecule has 0 aliphatic heterocycles.